The molecule has 0 unspecified atom stereocenters. The number of benzene rings is 2. The van der Waals surface area contributed by atoms with Crippen LogP contribution >= 0.6 is 0 Å². The molecule has 3 N–H and O–H groups in total. The number of sulfonamides is 1. The van der Waals surface area contributed by atoms with Crippen molar-refractivity contribution in [2.24, 2.45) is 11.8 Å². The van der Waals surface area contributed by atoms with Gasteiger partial charge in [0.1, 0.15) is 11.9 Å². The van der Waals surface area contributed by atoms with Gasteiger partial charge in [-0.05, 0) is 74.9 Å². The number of hydrogen-bond acceptors (Lipinski definition) is 4. The topological polar surface area (TPSA) is 104 Å². The Morgan fingerprint density at radius 1 is 1.00 bits per heavy atom. The molecule has 0 spiro atoms. The van der Waals surface area contributed by atoms with Crippen molar-refractivity contribution in [3.05, 3.63) is 60.4 Å². The summed E-state index contributed by atoms with van der Waals surface area (Å²) in [5, 5.41) is 5.38. The molecule has 7 nitrogen and oxygen atoms in total. The average Bonchev–Trinajstić information content (AvgIpc) is 2.80. The first-order valence-electron chi connectivity index (χ1n) is 10.7. The van der Waals surface area contributed by atoms with Crippen molar-refractivity contribution in [2.75, 3.05) is 11.9 Å². The first-order chi connectivity index (χ1) is 15.2. The lowest BCUT2D eigenvalue weighted by Crippen LogP contribution is -2.45. The van der Waals surface area contributed by atoms with E-state index < -0.39 is 21.9 Å². The Morgan fingerprint density at radius 2 is 1.62 bits per heavy atom. The number of carbonyl (C=O) groups is 2. The lowest BCUT2D eigenvalue weighted by molar-refractivity contribution is -0.129. The fourth-order valence-corrected chi connectivity index (χ4v) is 4.86. The van der Waals surface area contributed by atoms with Crippen molar-refractivity contribution >= 4 is 27.5 Å². The molecule has 2 aromatic carbocycles. The molecule has 0 heterocycles. The SMILES string of the molecule is C[C@H](NC(=O)C1CCC(CNS(=O)(=O)c2ccccc2)CC1)C(=O)Nc1ccc(F)cc1. The van der Waals surface area contributed by atoms with Crippen LogP contribution in [0.1, 0.15) is 32.6 Å². The molecule has 0 radical (unpaired) electrons. The number of rotatable bonds is 8. The van der Waals surface area contributed by atoms with Gasteiger partial charge in [0, 0.05) is 18.2 Å². The molecule has 172 valence electrons. The average molecular weight is 462 g/mol. The first-order valence-corrected chi connectivity index (χ1v) is 12.1. The molecule has 1 aliphatic rings. The Morgan fingerprint density at radius 3 is 2.25 bits per heavy atom. The number of amides is 2. The zero-order valence-corrected chi connectivity index (χ0v) is 18.7. The highest BCUT2D eigenvalue weighted by atomic mass is 32.2. The van der Waals surface area contributed by atoms with Crippen LogP contribution in [0.5, 0.6) is 0 Å². The van der Waals surface area contributed by atoms with Crippen LogP contribution in [0, 0.1) is 17.7 Å². The Bertz CT molecular complexity index is 1020. The molecule has 0 aliphatic heterocycles. The highest BCUT2D eigenvalue weighted by Gasteiger charge is 2.29. The number of carbonyl (C=O) groups excluding carboxylic acids is 2. The van der Waals surface area contributed by atoms with Crippen molar-refractivity contribution < 1.29 is 22.4 Å². The number of hydrogen-bond donors (Lipinski definition) is 3. The minimum Gasteiger partial charge on any atom is -0.344 e. The second-order valence-corrected chi connectivity index (χ2v) is 9.88. The van der Waals surface area contributed by atoms with E-state index in [0.717, 1.165) is 12.8 Å². The molecular weight excluding hydrogens is 433 g/mol. The summed E-state index contributed by atoms with van der Waals surface area (Å²) in [5.74, 6) is -1.01. The fraction of sp³-hybridized carbons (Fsp3) is 0.391. The second-order valence-electron chi connectivity index (χ2n) is 8.11. The van der Waals surface area contributed by atoms with Crippen molar-refractivity contribution in [3.63, 3.8) is 0 Å². The highest BCUT2D eigenvalue weighted by Crippen LogP contribution is 2.29. The standard InChI is InChI=1S/C23H28FN3O4S/c1-16(22(28)27-20-13-11-19(24)12-14-20)26-23(29)18-9-7-17(8-10-18)15-25-32(30,31)21-5-3-2-4-6-21/h2-6,11-14,16-18,25H,7-10,15H2,1H3,(H,26,29)(H,27,28)/t16-,17?,18?/m0/s1. The summed E-state index contributed by atoms with van der Waals surface area (Å²) in [5.41, 5.74) is 0.455. The minimum atomic E-state index is -3.54. The minimum absolute atomic E-state index is 0.164. The lowest BCUT2D eigenvalue weighted by atomic mass is 9.81. The van der Waals surface area contributed by atoms with Gasteiger partial charge in [0.05, 0.1) is 4.90 Å². The molecule has 1 fully saturated rings. The smallest absolute Gasteiger partial charge is 0.246 e. The van der Waals surface area contributed by atoms with Gasteiger partial charge in [-0.3, -0.25) is 9.59 Å². The monoisotopic (exact) mass is 461 g/mol. The van der Waals surface area contributed by atoms with E-state index in [0.29, 0.717) is 25.1 Å². The first kappa shape index (κ1) is 23.9. The van der Waals surface area contributed by atoms with E-state index in [9.17, 15) is 22.4 Å². The quantitative estimate of drug-likeness (QED) is 0.562. The maximum atomic E-state index is 13.0. The number of nitrogens with one attached hydrogen (secondary N) is 3. The summed E-state index contributed by atoms with van der Waals surface area (Å²) in [6, 6.07) is 12.9. The zero-order valence-electron chi connectivity index (χ0n) is 17.9. The number of anilines is 1. The van der Waals surface area contributed by atoms with E-state index in [1.165, 1.54) is 24.3 Å². The molecule has 1 atom stereocenters. The molecule has 1 saturated carbocycles. The van der Waals surface area contributed by atoms with Gasteiger partial charge in [-0.1, -0.05) is 18.2 Å². The third-order valence-electron chi connectivity index (χ3n) is 5.70. The predicted octanol–water partition coefficient (Wildman–Crippen LogP) is 3.05. The maximum Gasteiger partial charge on any atom is 0.246 e. The van der Waals surface area contributed by atoms with Gasteiger partial charge < -0.3 is 10.6 Å². The summed E-state index contributed by atoms with van der Waals surface area (Å²) in [4.78, 5) is 25.1. The van der Waals surface area contributed by atoms with Crippen molar-refractivity contribution in [1.82, 2.24) is 10.0 Å². The Kier molecular flexibility index (Phi) is 7.98. The van der Waals surface area contributed by atoms with E-state index in [2.05, 4.69) is 15.4 Å². The molecule has 3 rings (SSSR count). The van der Waals surface area contributed by atoms with Crippen LogP contribution in [-0.4, -0.2) is 32.8 Å². The maximum absolute atomic E-state index is 13.0. The summed E-state index contributed by atoms with van der Waals surface area (Å²) < 4.78 is 40.3. The molecule has 1 aliphatic carbocycles. The van der Waals surface area contributed by atoms with Crippen molar-refractivity contribution in [1.29, 1.82) is 0 Å². The van der Waals surface area contributed by atoms with E-state index >= 15 is 0 Å². The molecule has 2 amide bonds. The van der Waals surface area contributed by atoms with Crippen LogP contribution in [0.15, 0.2) is 59.5 Å². The normalized spacial score (nSPS) is 19.7. The van der Waals surface area contributed by atoms with Crippen LogP contribution in [0.3, 0.4) is 0 Å². The fourth-order valence-electron chi connectivity index (χ4n) is 3.72. The van der Waals surface area contributed by atoms with Gasteiger partial charge in [0.15, 0.2) is 0 Å². The van der Waals surface area contributed by atoms with Crippen LogP contribution in [-0.2, 0) is 19.6 Å². The van der Waals surface area contributed by atoms with Gasteiger partial charge in [0.2, 0.25) is 21.8 Å². The van der Waals surface area contributed by atoms with Crippen LogP contribution in [0.25, 0.3) is 0 Å². The van der Waals surface area contributed by atoms with Gasteiger partial charge in [-0.15, -0.1) is 0 Å². The zero-order chi connectivity index (χ0) is 23.1. The molecule has 9 heteroatoms. The van der Waals surface area contributed by atoms with Gasteiger partial charge >= 0.3 is 0 Å². The van der Waals surface area contributed by atoms with Crippen molar-refractivity contribution in [3.8, 4) is 0 Å². The summed E-state index contributed by atoms with van der Waals surface area (Å²) in [7, 11) is -3.54. The Labute approximate surface area is 187 Å². The van der Waals surface area contributed by atoms with Crippen LogP contribution in [0.2, 0.25) is 0 Å². The Hall–Kier alpha value is -2.78. The third-order valence-corrected chi connectivity index (χ3v) is 7.14. The van der Waals surface area contributed by atoms with E-state index in [-0.39, 0.29) is 28.5 Å². The third kappa shape index (κ3) is 6.61. The second kappa shape index (κ2) is 10.7. The largest absolute Gasteiger partial charge is 0.344 e. The van der Waals surface area contributed by atoms with Gasteiger partial charge in [-0.25, -0.2) is 17.5 Å². The van der Waals surface area contributed by atoms with Crippen LogP contribution < -0.4 is 15.4 Å². The molecule has 0 bridgehead atoms. The predicted molar refractivity (Wildman–Crippen MR) is 120 cm³/mol. The molecular formula is C23H28FN3O4S. The summed E-state index contributed by atoms with van der Waals surface area (Å²) in [6.45, 7) is 1.93. The van der Waals surface area contributed by atoms with E-state index in [4.69, 9.17) is 0 Å². The van der Waals surface area contributed by atoms with E-state index in [1.54, 1.807) is 37.3 Å². The van der Waals surface area contributed by atoms with Crippen LogP contribution in [0.4, 0.5) is 10.1 Å². The molecule has 2 aromatic rings. The lowest BCUT2D eigenvalue weighted by Gasteiger charge is -2.28. The molecule has 32 heavy (non-hydrogen) atoms. The Balaban J connectivity index is 1.42. The summed E-state index contributed by atoms with van der Waals surface area (Å²) >= 11 is 0. The van der Waals surface area contributed by atoms with E-state index in [1.807, 2.05) is 0 Å². The summed E-state index contributed by atoms with van der Waals surface area (Å²) in [6.07, 6.45) is 2.73. The molecule has 0 aromatic heterocycles. The highest BCUT2D eigenvalue weighted by molar-refractivity contribution is 7.89. The van der Waals surface area contributed by atoms with Gasteiger partial charge in [0.25, 0.3) is 0 Å². The van der Waals surface area contributed by atoms with Crippen molar-refractivity contribution in [2.45, 2.75) is 43.5 Å². The molecule has 0 saturated heterocycles. The number of halogens is 1. The van der Waals surface area contributed by atoms with Gasteiger partial charge in [-0.2, -0.15) is 0 Å².